The summed E-state index contributed by atoms with van der Waals surface area (Å²) in [6, 6.07) is 11.1. The third-order valence-corrected chi connectivity index (χ3v) is 4.84. The zero-order chi connectivity index (χ0) is 18.8. The molecule has 2 N–H and O–H groups in total. The van der Waals surface area contributed by atoms with Gasteiger partial charge in [-0.15, -0.1) is 0 Å². The molecule has 136 valence electrons. The Morgan fingerprint density at radius 3 is 2.81 bits per heavy atom. The number of ether oxygens (including phenoxy) is 2. The zero-order valence-corrected chi connectivity index (χ0v) is 15.9. The summed E-state index contributed by atoms with van der Waals surface area (Å²) in [6.45, 7) is 1.94. The van der Waals surface area contributed by atoms with Crippen LogP contribution >= 0.6 is 23.8 Å². The molecule has 0 saturated heterocycles. The Kier molecular flexibility index (Phi) is 5.46. The third-order valence-electron chi connectivity index (χ3n) is 4.24. The van der Waals surface area contributed by atoms with Gasteiger partial charge in [-0.05, 0) is 30.7 Å². The van der Waals surface area contributed by atoms with Crippen molar-refractivity contribution in [1.82, 2.24) is 0 Å². The number of halogens is 1. The number of aliphatic carboxylic acids is 1. The van der Waals surface area contributed by atoms with Gasteiger partial charge >= 0.3 is 5.97 Å². The number of hydrogen-bond acceptors (Lipinski definition) is 4. The lowest BCUT2D eigenvalue weighted by atomic mass is 9.97. The van der Waals surface area contributed by atoms with Crippen LogP contribution in [0.2, 0.25) is 5.02 Å². The average molecular weight is 392 g/mol. The molecule has 26 heavy (non-hydrogen) atoms. The second kappa shape index (κ2) is 7.61. The Morgan fingerprint density at radius 2 is 2.12 bits per heavy atom. The molecule has 0 spiro atoms. The number of anilines is 1. The first kappa shape index (κ1) is 18.6. The maximum atomic E-state index is 11.3. The number of fused-ring (bicyclic) bond motifs is 1. The molecule has 0 bridgehead atoms. The number of benzene rings is 2. The van der Waals surface area contributed by atoms with E-state index in [0.29, 0.717) is 15.8 Å². The van der Waals surface area contributed by atoms with Crippen molar-refractivity contribution in [3.63, 3.8) is 0 Å². The largest absolute Gasteiger partial charge is 0.496 e. The van der Waals surface area contributed by atoms with Gasteiger partial charge in [0.25, 0.3) is 0 Å². The number of methoxy groups -OCH3 is 1. The van der Waals surface area contributed by atoms with Gasteiger partial charge in [0.1, 0.15) is 22.9 Å². The van der Waals surface area contributed by atoms with E-state index in [1.807, 2.05) is 31.2 Å². The number of carboxylic acids is 1. The summed E-state index contributed by atoms with van der Waals surface area (Å²) in [5, 5.41) is 12.9. The van der Waals surface area contributed by atoms with Crippen LogP contribution in [0.15, 0.2) is 36.4 Å². The fourth-order valence-corrected chi connectivity index (χ4v) is 3.51. The summed E-state index contributed by atoms with van der Waals surface area (Å²) in [6.07, 6.45) is -1.59. The summed E-state index contributed by atoms with van der Waals surface area (Å²) in [7, 11) is 1.60. The maximum Gasteiger partial charge on any atom is 0.306 e. The van der Waals surface area contributed by atoms with Crippen molar-refractivity contribution in [2.75, 3.05) is 12.4 Å². The van der Waals surface area contributed by atoms with E-state index in [-0.39, 0.29) is 6.42 Å². The molecule has 0 amide bonds. The van der Waals surface area contributed by atoms with Crippen molar-refractivity contribution < 1.29 is 19.4 Å². The normalized spacial score (nSPS) is 19.3. The number of hydrogen-bond donors (Lipinski definition) is 2. The van der Waals surface area contributed by atoms with Gasteiger partial charge in [-0.2, -0.15) is 0 Å². The van der Waals surface area contributed by atoms with E-state index in [1.54, 1.807) is 19.2 Å². The zero-order valence-electron chi connectivity index (χ0n) is 14.3. The second-order valence-electron chi connectivity index (χ2n) is 6.02. The fraction of sp³-hybridized carbons (Fsp3) is 0.263. The van der Waals surface area contributed by atoms with Crippen molar-refractivity contribution in [2.24, 2.45) is 0 Å². The summed E-state index contributed by atoms with van der Waals surface area (Å²) in [5.41, 5.74) is 3.25. The van der Waals surface area contributed by atoms with Gasteiger partial charge in [-0.25, -0.2) is 0 Å². The predicted octanol–water partition coefficient (Wildman–Crippen LogP) is 4.36. The molecule has 2 aromatic rings. The maximum absolute atomic E-state index is 11.3. The summed E-state index contributed by atoms with van der Waals surface area (Å²) < 4.78 is 11.8. The molecule has 5 nitrogen and oxygen atoms in total. The highest BCUT2D eigenvalue weighted by Gasteiger charge is 2.32. The number of aryl methyl sites for hydroxylation is 1. The molecule has 0 fully saturated rings. The fourth-order valence-electron chi connectivity index (χ4n) is 3.08. The van der Waals surface area contributed by atoms with Gasteiger partial charge in [-0.1, -0.05) is 42.0 Å². The van der Waals surface area contributed by atoms with Gasteiger partial charge in [0.05, 0.1) is 13.5 Å². The summed E-state index contributed by atoms with van der Waals surface area (Å²) in [5.74, 6) is -0.302. The molecule has 0 aliphatic carbocycles. The number of carbonyl (C=O) groups is 1. The van der Waals surface area contributed by atoms with Gasteiger partial charge < -0.3 is 19.9 Å². The van der Waals surface area contributed by atoms with Gasteiger partial charge in [0.15, 0.2) is 0 Å². The average Bonchev–Trinajstić information content (AvgIpc) is 2.71. The van der Waals surface area contributed by atoms with Crippen LogP contribution in [0.25, 0.3) is 0 Å². The molecule has 1 heterocycles. The number of nitrogens with one attached hydrogen (secondary N) is 1. The van der Waals surface area contributed by atoms with Crippen molar-refractivity contribution in [2.45, 2.75) is 25.6 Å². The van der Waals surface area contributed by atoms with E-state index in [9.17, 15) is 9.90 Å². The topological polar surface area (TPSA) is 67.8 Å². The lowest BCUT2D eigenvalue weighted by Gasteiger charge is -2.24. The monoisotopic (exact) mass is 391 g/mol. The van der Waals surface area contributed by atoms with Crippen LogP contribution in [-0.2, 0) is 9.53 Å². The van der Waals surface area contributed by atoms with E-state index in [1.165, 1.54) is 0 Å². The number of thiocarbonyl (C=S) groups is 1. The Morgan fingerprint density at radius 1 is 1.35 bits per heavy atom. The molecule has 2 aromatic carbocycles. The first-order valence-corrected chi connectivity index (χ1v) is 8.80. The smallest absolute Gasteiger partial charge is 0.306 e. The quantitative estimate of drug-likeness (QED) is 0.755. The molecule has 1 aliphatic rings. The Bertz CT molecular complexity index is 871. The van der Waals surface area contributed by atoms with Gasteiger partial charge in [0, 0.05) is 21.8 Å². The van der Waals surface area contributed by atoms with E-state index < -0.39 is 18.2 Å². The van der Waals surface area contributed by atoms with Crippen molar-refractivity contribution in [1.29, 1.82) is 0 Å². The van der Waals surface area contributed by atoms with Crippen molar-refractivity contribution >= 4 is 40.5 Å². The van der Waals surface area contributed by atoms with Crippen LogP contribution in [-0.4, -0.2) is 29.3 Å². The van der Waals surface area contributed by atoms with Crippen LogP contribution in [0.1, 0.15) is 29.2 Å². The summed E-state index contributed by atoms with van der Waals surface area (Å²) in [4.78, 5) is 11.6. The van der Waals surface area contributed by atoms with Crippen LogP contribution in [0.4, 0.5) is 5.69 Å². The molecule has 7 heteroatoms. The molecular weight excluding hydrogens is 374 g/mol. The van der Waals surface area contributed by atoms with Crippen molar-refractivity contribution in [3.05, 3.63) is 58.1 Å². The standard InChI is InChI=1S/C19H18ClNO4S/c1-10-4-3-5-12(17(10)24-2)18-13-8-11(20)6-7-14(13)21-19(26)15(25-18)9-16(22)23/h3-8,15,18H,9H2,1-2H3,(H,21,26)(H,22,23)/t15-,18-/m1/s1. The van der Waals surface area contributed by atoms with E-state index in [2.05, 4.69) is 5.32 Å². The first-order chi connectivity index (χ1) is 12.4. The second-order valence-corrected chi connectivity index (χ2v) is 6.90. The van der Waals surface area contributed by atoms with E-state index in [0.717, 1.165) is 22.4 Å². The Hall–Kier alpha value is -2.15. The van der Waals surface area contributed by atoms with Crippen LogP contribution in [0, 0.1) is 6.92 Å². The lowest BCUT2D eigenvalue weighted by molar-refractivity contribution is -0.139. The SMILES string of the molecule is COc1c(C)cccc1[C@H]1O[C@H](CC(=O)O)C(=S)Nc2ccc(Cl)cc21. The molecule has 0 saturated carbocycles. The van der Waals surface area contributed by atoms with E-state index >= 15 is 0 Å². The lowest BCUT2D eigenvalue weighted by Crippen LogP contribution is -2.30. The van der Waals surface area contributed by atoms with Gasteiger partial charge in [-0.3, -0.25) is 4.79 Å². The highest BCUT2D eigenvalue weighted by molar-refractivity contribution is 7.80. The molecule has 0 aromatic heterocycles. The highest BCUT2D eigenvalue weighted by atomic mass is 35.5. The minimum Gasteiger partial charge on any atom is -0.496 e. The molecule has 0 unspecified atom stereocenters. The Balaban J connectivity index is 2.17. The molecule has 0 radical (unpaired) electrons. The Labute approximate surface area is 161 Å². The number of rotatable bonds is 4. The number of para-hydroxylation sites is 1. The van der Waals surface area contributed by atoms with Crippen molar-refractivity contribution in [3.8, 4) is 5.75 Å². The predicted molar refractivity (Wildman–Crippen MR) is 104 cm³/mol. The van der Waals surface area contributed by atoms with E-state index in [4.69, 9.17) is 33.3 Å². The minimum absolute atomic E-state index is 0.238. The van der Waals surface area contributed by atoms with Gasteiger partial charge in [0.2, 0.25) is 0 Å². The third kappa shape index (κ3) is 3.67. The molecule has 3 rings (SSSR count). The highest BCUT2D eigenvalue weighted by Crippen LogP contribution is 2.41. The first-order valence-electron chi connectivity index (χ1n) is 8.01. The van der Waals surface area contributed by atoms with Crippen LogP contribution in [0.5, 0.6) is 5.75 Å². The molecule has 1 aliphatic heterocycles. The minimum atomic E-state index is -0.988. The molecule has 2 atom stereocenters. The molecular formula is C19H18ClNO4S. The summed E-state index contributed by atoms with van der Waals surface area (Å²) >= 11 is 11.6. The van der Waals surface area contributed by atoms with Crippen LogP contribution < -0.4 is 10.1 Å². The van der Waals surface area contributed by atoms with Crippen LogP contribution in [0.3, 0.4) is 0 Å². The number of carboxylic acid groups (broad SMARTS) is 1.